The van der Waals surface area contributed by atoms with Crippen LogP contribution in [0.3, 0.4) is 0 Å². The van der Waals surface area contributed by atoms with Gasteiger partial charge >= 0.3 is 0 Å². The summed E-state index contributed by atoms with van der Waals surface area (Å²) < 4.78 is 26.9. The van der Waals surface area contributed by atoms with E-state index in [1.807, 2.05) is 6.92 Å². The zero-order chi connectivity index (χ0) is 14.2. The van der Waals surface area contributed by atoms with Crippen LogP contribution in [0, 0.1) is 12.8 Å². The van der Waals surface area contributed by atoms with Crippen LogP contribution < -0.4 is 5.32 Å². The van der Waals surface area contributed by atoms with Crippen molar-refractivity contribution in [2.45, 2.75) is 42.9 Å². The predicted molar refractivity (Wildman–Crippen MR) is 79.4 cm³/mol. The Morgan fingerprint density at radius 2 is 2.05 bits per heavy atom. The lowest BCUT2D eigenvalue weighted by molar-refractivity contribution is 0.288. The third-order valence-corrected chi connectivity index (χ3v) is 7.29. The van der Waals surface area contributed by atoms with Gasteiger partial charge in [0, 0.05) is 19.1 Å². The Balaban J connectivity index is 1.56. The molecule has 0 atom stereocenters. The Bertz CT molecular complexity index is 558. The molecule has 1 aromatic rings. The molecule has 2 heterocycles. The molecule has 1 saturated heterocycles. The van der Waals surface area contributed by atoms with Crippen LogP contribution in [0.15, 0.2) is 10.4 Å². The molecule has 112 valence electrons. The van der Waals surface area contributed by atoms with E-state index in [1.54, 1.807) is 4.31 Å². The highest BCUT2D eigenvalue weighted by atomic mass is 32.2. The maximum absolute atomic E-state index is 12.5. The summed E-state index contributed by atoms with van der Waals surface area (Å²) in [6, 6.07) is 0.477. The average molecular weight is 315 g/mol. The van der Waals surface area contributed by atoms with Crippen LogP contribution in [0.4, 0.5) is 0 Å². The average Bonchev–Trinajstić information content (AvgIpc) is 3.17. The van der Waals surface area contributed by atoms with Gasteiger partial charge in [0.1, 0.15) is 0 Å². The zero-order valence-electron chi connectivity index (χ0n) is 11.7. The monoisotopic (exact) mass is 315 g/mol. The van der Waals surface area contributed by atoms with E-state index in [1.165, 1.54) is 30.4 Å². The number of rotatable bonds is 5. The molecule has 1 aromatic heterocycles. The van der Waals surface area contributed by atoms with Crippen molar-refractivity contribution in [3.63, 3.8) is 0 Å². The minimum Gasteiger partial charge on any atom is -0.314 e. The highest BCUT2D eigenvalue weighted by molar-refractivity contribution is 7.91. The molecule has 0 radical (unpaired) electrons. The van der Waals surface area contributed by atoms with Crippen LogP contribution in [-0.2, 0) is 10.0 Å². The molecule has 20 heavy (non-hydrogen) atoms. The molecule has 1 N–H and O–H groups in total. The van der Waals surface area contributed by atoms with Crippen molar-refractivity contribution in [1.82, 2.24) is 14.6 Å². The van der Waals surface area contributed by atoms with Gasteiger partial charge in [-0.25, -0.2) is 13.4 Å². The first-order valence-corrected chi connectivity index (χ1v) is 9.47. The number of sulfonamides is 1. The van der Waals surface area contributed by atoms with Crippen LogP contribution in [0.5, 0.6) is 0 Å². The van der Waals surface area contributed by atoms with E-state index in [9.17, 15) is 8.42 Å². The van der Waals surface area contributed by atoms with Crippen LogP contribution in [0.25, 0.3) is 0 Å². The van der Waals surface area contributed by atoms with Gasteiger partial charge in [-0.3, -0.25) is 0 Å². The summed E-state index contributed by atoms with van der Waals surface area (Å²) in [4.78, 5) is 4.05. The van der Waals surface area contributed by atoms with Crippen LogP contribution in [0.2, 0.25) is 0 Å². The van der Waals surface area contributed by atoms with Gasteiger partial charge in [0.25, 0.3) is 10.0 Å². The second kappa shape index (κ2) is 5.71. The van der Waals surface area contributed by atoms with E-state index >= 15 is 0 Å². The number of aryl methyl sites for hydroxylation is 1. The number of nitrogens with one attached hydrogen (secondary N) is 1. The second-order valence-corrected chi connectivity index (χ2v) is 9.13. The van der Waals surface area contributed by atoms with Crippen molar-refractivity contribution in [3.8, 4) is 0 Å². The molecule has 0 aromatic carbocycles. The van der Waals surface area contributed by atoms with Crippen molar-refractivity contribution in [2.24, 2.45) is 5.92 Å². The number of aromatic nitrogens is 1. The van der Waals surface area contributed by atoms with Gasteiger partial charge in [0.05, 0.1) is 11.2 Å². The summed E-state index contributed by atoms with van der Waals surface area (Å²) >= 11 is 1.26. The lowest BCUT2D eigenvalue weighted by Crippen LogP contribution is -2.45. The minimum atomic E-state index is -3.32. The van der Waals surface area contributed by atoms with Crippen molar-refractivity contribution in [2.75, 3.05) is 19.6 Å². The predicted octanol–water partition coefficient (Wildman–Crippen LogP) is 1.60. The molecular formula is C13H21N3O2S2. The Kier molecular flexibility index (Phi) is 4.12. The second-order valence-electron chi connectivity index (χ2n) is 5.73. The number of piperidine rings is 1. The van der Waals surface area contributed by atoms with E-state index in [0.29, 0.717) is 23.3 Å². The van der Waals surface area contributed by atoms with E-state index < -0.39 is 10.0 Å². The lowest BCUT2D eigenvalue weighted by Gasteiger charge is -2.31. The summed E-state index contributed by atoms with van der Waals surface area (Å²) in [5, 5.41) is 4.36. The summed E-state index contributed by atoms with van der Waals surface area (Å²) in [5.41, 5.74) is 0. The zero-order valence-corrected chi connectivity index (χ0v) is 13.3. The molecule has 5 nitrogen and oxygen atoms in total. The van der Waals surface area contributed by atoms with Crippen molar-refractivity contribution in [1.29, 1.82) is 0 Å². The molecule has 7 heteroatoms. The Morgan fingerprint density at radius 3 is 2.60 bits per heavy atom. The van der Waals surface area contributed by atoms with Gasteiger partial charge < -0.3 is 5.32 Å². The number of hydrogen-bond acceptors (Lipinski definition) is 5. The van der Waals surface area contributed by atoms with Crippen molar-refractivity contribution >= 4 is 21.4 Å². The first-order chi connectivity index (χ1) is 9.55. The molecule has 0 bridgehead atoms. The van der Waals surface area contributed by atoms with Gasteiger partial charge in [0.2, 0.25) is 0 Å². The molecule has 0 amide bonds. The summed E-state index contributed by atoms with van der Waals surface area (Å²) in [6.07, 6.45) is 6.00. The molecule has 0 unspecified atom stereocenters. The van der Waals surface area contributed by atoms with Crippen LogP contribution in [-0.4, -0.2) is 43.4 Å². The molecule has 2 fully saturated rings. The summed E-state index contributed by atoms with van der Waals surface area (Å²) in [7, 11) is -3.32. The maximum Gasteiger partial charge on any atom is 0.254 e. The quantitative estimate of drug-likeness (QED) is 0.896. The van der Waals surface area contributed by atoms with E-state index in [0.717, 1.165) is 30.3 Å². The summed E-state index contributed by atoms with van der Waals surface area (Å²) in [6.45, 7) is 4.16. The fourth-order valence-electron chi connectivity index (χ4n) is 2.54. The van der Waals surface area contributed by atoms with Crippen molar-refractivity contribution in [3.05, 3.63) is 11.2 Å². The number of nitrogens with zero attached hydrogens (tertiary/aromatic N) is 2. The smallest absolute Gasteiger partial charge is 0.254 e. The van der Waals surface area contributed by atoms with Gasteiger partial charge in [-0.05, 0) is 45.1 Å². The van der Waals surface area contributed by atoms with E-state index in [2.05, 4.69) is 10.3 Å². The normalized spacial score (nSPS) is 22.2. The van der Waals surface area contributed by atoms with Crippen LogP contribution in [0.1, 0.15) is 30.7 Å². The topological polar surface area (TPSA) is 62.3 Å². The Labute approximate surface area is 124 Å². The highest BCUT2D eigenvalue weighted by Gasteiger charge is 2.31. The van der Waals surface area contributed by atoms with Gasteiger partial charge in [-0.1, -0.05) is 0 Å². The van der Waals surface area contributed by atoms with Gasteiger partial charge in [0.15, 0.2) is 4.21 Å². The third-order valence-electron chi connectivity index (χ3n) is 4.04. The standard InChI is InChI=1S/C13H21N3O2S2/c1-10-14-9-13(19-10)20(17,18)16-6-4-12(5-7-16)15-8-11-2-3-11/h9,11-12,15H,2-8H2,1H3. The molecule has 2 aliphatic rings. The van der Waals surface area contributed by atoms with Crippen LogP contribution >= 0.6 is 11.3 Å². The highest BCUT2D eigenvalue weighted by Crippen LogP contribution is 2.29. The molecule has 1 saturated carbocycles. The molecule has 3 rings (SSSR count). The molecule has 1 aliphatic heterocycles. The lowest BCUT2D eigenvalue weighted by atomic mass is 10.1. The van der Waals surface area contributed by atoms with Crippen molar-refractivity contribution < 1.29 is 8.42 Å². The Hall–Kier alpha value is -0.500. The first-order valence-electron chi connectivity index (χ1n) is 7.21. The number of thiazole rings is 1. The fraction of sp³-hybridized carbons (Fsp3) is 0.769. The fourth-order valence-corrected chi connectivity index (χ4v) is 5.28. The largest absolute Gasteiger partial charge is 0.314 e. The molecule has 1 aliphatic carbocycles. The molecular weight excluding hydrogens is 294 g/mol. The van der Waals surface area contributed by atoms with E-state index in [4.69, 9.17) is 0 Å². The Morgan fingerprint density at radius 1 is 1.35 bits per heavy atom. The third kappa shape index (κ3) is 3.21. The first kappa shape index (κ1) is 14.4. The minimum absolute atomic E-state index is 0.374. The SMILES string of the molecule is Cc1ncc(S(=O)(=O)N2CCC(NCC3CC3)CC2)s1. The summed E-state index contributed by atoms with van der Waals surface area (Å²) in [5.74, 6) is 0.872. The van der Waals surface area contributed by atoms with Gasteiger partial charge in [-0.15, -0.1) is 11.3 Å². The molecule has 0 spiro atoms. The number of hydrogen-bond donors (Lipinski definition) is 1. The van der Waals surface area contributed by atoms with E-state index in [-0.39, 0.29) is 0 Å². The van der Waals surface area contributed by atoms with Gasteiger partial charge in [-0.2, -0.15) is 4.31 Å². The maximum atomic E-state index is 12.5.